The number of fused-ring (bicyclic) bond motifs is 7. The van der Waals surface area contributed by atoms with Crippen molar-refractivity contribution in [1.82, 2.24) is 0 Å². The molecule has 0 aliphatic rings. The van der Waals surface area contributed by atoms with E-state index in [4.69, 9.17) is 0 Å². The minimum absolute atomic E-state index is 0.216. The van der Waals surface area contributed by atoms with Crippen LogP contribution in [0.5, 0.6) is 0 Å². The number of hydrogen-bond acceptors (Lipinski definition) is 0. The molecule has 1 aromatic heterocycles. The van der Waals surface area contributed by atoms with Crippen molar-refractivity contribution in [1.29, 1.82) is 0 Å². The van der Waals surface area contributed by atoms with Crippen molar-refractivity contribution in [2.24, 2.45) is 0 Å². The fourth-order valence-corrected chi connectivity index (χ4v) is 11.3. The van der Waals surface area contributed by atoms with E-state index in [1.54, 1.807) is 0 Å². The molecule has 0 bridgehead atoms. The SMILES string of the molecule is Cc1ccc(-c2c3ccccc3c(-c3cccc4[se]c5ccc(-c6c7ccccc7c(-c7ccccc7)c7ccccc67)cc5c34)c3ccccc23)cc1. The maximum atomic E-state index is 2.51. The van der Waals surface area contributed by atoms with Gasteiger partial charge in [0.05, 0.1) is 0 Å². The molecular formula is C53H34Se. The Labute approximate surface area is 320 Å². The van der Waals surface area contributed by atoms with Crippen molar-refractivity contribution in [2.45, 2.75) is 6.92 Å². The van der Waals surface area contributed by atoms with Crippen molar-refractivity contribution >= 4 is 76.9 Å². The van der Waals surface area contributed by atoms with Crippen molar-refractivity contribution in [3.63, 3.8) is 0 Å². The van der Waals surface area contributed by atoms with Crippen LogP contribution < -0.4 is 0 Å². The van der Waals surface area contributed by atoms with Gasteiger partial charge in [-0.15, -0.1) is 0 Å². The molecule has 0 atom stereocenters. The Morgan fingerprint density at radius 3 is 1.24 bits per heavy atom. The Hall–Kier alpha value is -6.24. The summed E-state index contributed by atoms with van der Waals surface area (Å²) in [7, 11) is 0. The zero-order chi connectivity index (χ0) is 35.8. The molecule has 252 valence electrons. The summed E-state index contributed by atoms with van der Waals surface area (Å²) < 4.78 is 2.91. The van der Waals surface area contributed by atoms with Crippen LogP contribution in [0.25, 0.3) is 107 Å². The van der Waals surface area contributed by atoms with Gasteiger partial charge in [-0.25, -0.2) is 0 Å². The molecule has 0 aliphatic heterocycles. The zero-order valence-corrected chi connectivity index (χ0v) is 31.5. The third-order valence-electron chi connectivity index (χ3n) is 11.3. The Kier molecular flexibility index (Phi) is 7.20. The Bertz CT molecular complexity index is 3140. The zero-order valence-electron chi connectivity index (χ0n) is 29.8. The van der Waals surface area contributed by atoms with E-state index < -0.39 is 0 Å². The molecule has 0 unspecified atom stereocenters. The second-order valence-electron chi connectivity index (χ2n) is 14.4. The first kappa shape index (κ1) is 31.3. The monoisotopic (exact) mass is 750 g/mol. The second kappa shape index (κ2) is 12.4. The first-order valence-corrected chi connectivity index (χ1v) is 20.4. The summed E-state index contributed by atoms with van der Waals surface area (Å²) >= 11 is 0.216. The molecule has 11 rings (SSSR count). The second-order valence-corrected chi connectivity index (χ2v) is 16.7. The van der Waals surface area contributed by atoms with E-state index in [0.29, 0.717) is 0 Å². The molecule has 0 saturated carbocycles. The molecule has 11 aromatic rings. The van der Waals surface area contributed by atoms with Crippen molar-refractivity contribution in [2.75, 3.05) is 0 Å². The van der Waals surface area contributed by atoms with Crippen LogP contribution in [-0.4, -0.2) is 14.5 Å². The van der Waals surface area contributed by atoms with Crippen LogP contribution in [0.2, 0.25) is 0 Å². The number of hydrogen-bond donors (Lipinski definition) is 0. The summed E-state index contributed by atoms with van der Waals surface area (Å²) in [6, 6.07) is 70.3. The van der Waals surface area contributed by atoms with Crippen LogP contribution >= 0.6 is 0 Å². The quantitative estimate of drug-likeness (QED) is 0.124. The predicted octanol–water partition coefficient (Wildman–Crippen LogP) is 14.6. The Morgan fingerprint density at radius 2 is 0.722 bits per heavy atom. The molecule has 0 radical (unpaired) electrons. The molecule has 1 heterocycles. The summed E-state index contributed by atoms with van der Waals surface area (Å²) in [4.78, 5) is 0. The molecule has 54 heavy (non-hydrogen) atoms. The fourth-order valence-electron chi connectivity index (χ4n) is 9.00. The maximum absolute atomic E-state index is 2.51. The number of rotatable bonds is 4. The van der Waals surface area contributed by atoms with Gasteiger partial charge in [-0.2, -0.15) is 0 Å². The van der Waals surface area contributed by atoms with E-state index in [9.17, 15) is 0 Å². The first-order chi connectivity index (χ1) is 26.7. The third-order valence-corrected chi connectivity index (χ3v) is 13.7. The molecule has 0 amide bonds. The standard InChI is InChI=1S/C53H34Se/c1-33-26-28-35(29-27-33)50-41-20-9-11-22-43(41)52(44-23-12-10-21-42(44)50)45-24-13-25-48-53(45)46-32-36(30-31-47(46)54-48)51-39-18-7-5-16-37(39)49(34-14-3-2-4-15-34)38-17-6-8-19-40(38)51/h2-32H,1H3. The summed E-state index contributed by atoms with van der Waals surface area (Å²) in [5, 5.41) is 13.1. The van der Waals surface area contributed by atoms with E-state index in [1.807, 2.05) is 0 Å². The molecule has 1 heteroatoms. The van der Waals surface area contributed by atoms with Crippen LogP contribution in [0.3, 0.4) is 0 Å². The van der Waals surface area contributed by atoms with Gasteiger partial charge in [0.15, 0.2) is 0 Å². The summed E-state index contributed by atoms with van der Waals surface area (Å²) in [6.45, 7) is 2.16. The van der Waals surface area contributed by atoms with E-state index in [-0.39, 0.29) is 14.5 Å². The van der Waals surface area contributed by atoms with E-state index >= 15 is 0 Å². The Morgan fingerprint density at radius 1 is 0.296 bits per heavy atom. The molecule has 0 spiro atoms. The molecule has 0 saturated heterocycles. The van der Waals surface area contributed by atoms with Gasteiger partial charge in [-0.3, -0.25) is 0 Å². The van der Waals surface area contributed by atoms with Crippen LogP contribution in [0.1, 0.15) is 5.56 Å². The van der Waals surface area contributed by atoms with E-state index in [1.165, 1.54) is 112 Å². The average Bonchev–Trinajstić information content (AvgIpc) is 3.61. The van der Waals surface area contributed by atoms with E-state index in [0.717, 1.165) is 0 Å². The minimum atomic E-state index is 0.216. The van der Waals surface area contributed by atoms with Crippen molar-refractivity contribution < 1.29 is 0 Å². The normalized spacial score (nSPS) is 11.8. The molecule has 0 aliphatic carbocycles. The van der Waals surface area contributed by atoms with Gasteiger partial charge in [0.25, 0.3) is 0 Å². The predicted molar refractivity (Wildman–Crippen MR) is 235 cm³/mol. The van der Waals surface area contributed by atoms with Gasteiger partial charge in [-0.1, -0.05) is 0 Å². The van der Waals surface area contributed by atoms with Crippen LogP contribution in [-0.2, 0) is 0 Å². The molecule has 0 fully saturated rings. The van der Waals surface area contributed by atoms with Crippen molar-refractivity contribution in [3.8, 4) is 44.5 Å². The number of benzene rings is 10. The number of aryl methyl sites for hydroxylation is 1. The molecule has 10 aromatic carbocycles. The average molecular weight is 750 g/mol. The van der Waals surface area contributed by atoms with Gasteiger partial charge in [-0.05, 0) is 0 Å². The van der Waals surface area contributed by atoms with Gasteiger partial charge >= 0.3 is 322 Å². The first-order valence-electron chi connectivity index (χ1n) is 18.7. The summed E-state index contributed by atoms with van der Waals surface area (Å²) in [5.41, 5.74) is 11.6. The summed E-state index contributed by atoms with van der Waals surface area (Å²) in [6.07, 6.45) is 0. The van der Waals surface area contributed by atoms with Crippen LogP contribution in [0.15, 0.2) is 188 Å². The van der Waals surface area contributed by atoms with Gasteiger partial charge < -0.3 is 0 Å². The van der Waals surface area contributed by atoms with Gasteiger partial charge in [0.2, 0.25) is 0 Å². The Balaban J connectivity index is 1.22. The molecule has 0 nitrogen and oxygen atoms in total. The third kappa shape index (κ3) is 4.76. The van der Waals surface area contributed by atoms with Crippen LogP contribution in [0.4, 0.5) is 0 Å². The van der Waals surface area contributed by atoms with Gasteiger partial charge in [0, 0.05) is 0 Å². The van der Waals surface area contributed by atoms with Crippen molar-refractivity contribution in [3.05, 3.63) is 194 Å². The summed E-state index contributed by atoms with van der Waals surface area (Å²) in [5.74, 6) is 0. The molecule has 0 N–H and O–H groups in total. The van der Waals surface area contributed by atoms with E-state index in [2.05, 4.69) is 195 Å². The molecular weight excluding hydrogens is 716 g/mol. The van der Waals surface area contributed by atoms with Gasteiger partial charge in [0.1, 0.15) is 0 Å². The fraction of sp³-hybridized carbons (Fsp3) is 0.0189. The van der Waals surface area contributed by atoms with Crippen LogP contribution in [0, 0.1) is 6.92 Å². The topological polar surface area (TPSA) is 0 Å².